The third kappa shape index (κ3) is 3.40. The molecule has 1 aliphatic heterocycles. The molecule has 0 saturated carbocycles. The van der Waals surface area contributed by atoms with Crippen LogP contribution >= 0.6 is 0 Å². The third-order valence-electron chi connectivity index (χ3n) is 3.85. The standard InChI is InChI=1S/C18H21NO/c1-2-9-17(10-3-1)20-18-11-5-4-8-16(18)13-15-7-6-12-19-14-15/h1-5,8-11,15,19H,6-7,12-14H2. The van der Waals surface area contributed by atoms with E-state index < -0.39 is 0 Å². The number of ether oxygens (including phenoxy) is 1. The second-order valence-electron chi connectivity index (χ2n) is 5.44. The average Bonchev–Trinajstić information content (AvgIpc) is 2.51. The van der Waals surface area contributed by atoms with Gasteiger partial charge in [-0.05, 0) is 62.0 Å². The SMILES string of the molecule is c1ccc(Oc2ccccc2CC2CCCNC2)cc1. The Morgan fingerprint density at radius 2 is 1.80 bits per heavy atom. The largest absolute Gasteiger partial charge is 0.457 e. The fourth-order valence-electron chi connectivity index (χ4n) is 2.80. The van der Waals surface area contributed by atoms with Gasteiger partial charge < -0.3 is 10.1 Å². The van der Waals surface area contributed by atoms with Gasteiger partial charge in [0.2, 0.25) is 0 Å². The Balaban J connectivity index is 1.74. The molecule has 1 aliphatic rings. The molecule has 1 fully saturated rings. The molecule has 104 valence electrons. The van der Waals surface area contributed by atoms with Crippen LogP contribution in [0.2, 0.25) is 0 Å². The Kier molecular flexibility index (Phi) is 4.34. The lowest BCUT2D eigenvalue weighted by Gasteiger charge is -2.23. The Morgan fingerprint density at radius 1 is 1.00 bits per heavy atom. The summed E-state index contributed by atoms with van der Waals surface area (Å²) >= 11 is 0. The van der Waals surface area contributed by atoms with Crippen molar-refractivity contribution in [3.63, 3.8) is 0 Å². The van der Waals surface area contributed by atoms with Crippen LogP contribution in [0.3, 0.4) is 0 Å². The summed E-state index contributed by atoms with van der Waals surface area (Å²) < 4.78 is 6.03. The highest BCUT2D eigenvalue weighted by Gasteiger charge is 2.15. The molecule has 2 aromatic carbocycles. The molecule has 0 radical (unpaired) electrons. The smallest absolute Gasteiger partial charge is 0.130 e. The lowest BCUT2D eigenvalue weighted by Crippen LogP contribution is -2.30. The molecule has 0 aromatic heterocycles. The number of piperidine rings is 1. The molecule has 1 heterocycles. The molecule has 2 heteroatoms. The van der Waals surface area contributed by atoms with Crippen molar-refractivity contribution in [1.29, 1.82) is 0 Å². The maximum atomic E-state index is 6.03. The zero-order valence-corrected chi connectivity index (χ0v) is 11.7. The van der Waals surface area contributed by atoms with Gasteiger partial charge in [0.25, 0.3) is 0 Å². The van der Waals surface area contributed by atoms with E-state index in [1.807, 2.05) is 36.4 Å². The fourth-order valence-corrected chi connectivity index (χ4v) is 2.80. The second kappa shape index (κ2) is 6.58. The van der Waals surface area contributed by atoms with Crippen LogP contribution in [0, 0.1) is 5.92 Å². The van der Waals surface area contributed by atoms with Crippen LogP contribution in [0.25, 0.3) is 0 Å². The van der Waals surface area contributed by atoms with Crippen molar-refractivity contribution in [3.8, 4) is 11.5 Å². The molecule has 0 spiro atoms. The Bertz CT molecular complexity index is 532. The highest BCUT2D eigenvalue weighted by Crippen LogP contribution is 2.28. The van der Waals surface area contributed by atoms with Gasteiger partial charge in [-0.1, -0.05) is 36.4 Å². The fraction of sp³-hybridized carbons (Fsp3) is 0.333. The van der Waals surface area contributed by atoms with Gasteiger partial charge in [0.1, 0.15) is 11.5 Å². The normalized spacial score (nSPS) is 18.7. The second-order valence-corrected chi connectivity index (χ2v) is 5.44. The zero-order chi connectivity index (χ0) is 13.6. The molecule has 0 bridgehead atoms. The number of nitrogens with one attached hydrogen (secondary N) is 1. The van der Waals surface area contributed by atoms with Crippen molar-refractivity contribution in [2.45, 2.75) is 19.3 Å². The Hall–Kier alpha value is -1.80. The van der Waals surface area contributed by atoms with Crippen LogP contribution < -0.4 is 10.1 Å². The molecule has 20 heavy (non-hydrogen) atoms. The van der Waals surface area contributed by atoms with E-state index in [0.717, 1.165) is 30.4 Å². The van der Waals surface area contributed by atoms with E-state index >= 15 is 0 Å². The number of hydrogen-bond acceptors (Lipinski definition) is 2. The molecule has 1 N–H and O–H groups in total. The van der Waals surface area contributed by atoms with Gasteiger partial charge in [-0.2, -0.15) is 0 Å². The zero-order valence-electron chi connectivity index (χ0n) is 11.7. The van der Waals surface area contributed by atoms with E-state index in [4.69, 9.17) is 4.74 Å². The van der Waals surface area contributed by atoms with E-state index in [1.54, 1.807) is 0 Å². The number of benzene rings is 2. The summed E-state index contributed by atoms with van der Waals surface area (Å²) in [6, 6.07) is 18.4. The van der Waals surface area contributed by atoms with Crippen LogP contribution in [-0.2, 0) is 6.42 Å². The summed E-state index contributed by atoms with van der Waals surface area (Å²) in [5, 5.41) is 3.48. The van der Waals surface area contributed by atoms with Crippen molar-refractivity contribution in [2.75, 3.05) is 13.1 Å². The van der Waals surface area contributed by atoms with Crippen molar-refractivity contribution >= 4 is 0 Å². The summed E-state index contributed by atoms with van der Waals surface area (Å²) in [6.45, 7) is 2.29. The Labute approximate surface area is 120 Å². The highest BCUT2D eigenvalue weighted by molar-refractivity contribution is 5.38. The molecule has 1 saturated heterocycles. The summed E-state index contributed by atoms with van der Waals surface area (Å²) in [6.07, 6.45) is 3.69. The molecule has 0 amide bonds. The van der Waals surface area contributed by atoms with Crippen molar-refractivity contribution in [2.24, 2.45) is 5.92 Å². The minimum atomic E-state index is 0.726. The van der Waals surface area contributed by atoms with Gasteiger partial charge in [-0.15, -0.1) is 0 Å². The van der Waals surface area contributed by atoms with E-state index in [1.165, 1.54) is 24.9 Å². The van der Waals surface area contributed by atoms with Crippen LogP contribution in [0.5, 0.6) is 11.5 Å². The first-order chi connectivity index (χ1) is 9.92. The van der Waals surface area contributed by atoms with Crippen molar-refractivity contribution in [3.05, 3.63) is 60.2 Å². The molecule has 1 atom stereocenters. The molecule has 1 unspecified atom stereocenters. The molecule has 2 aromatic rings. The molecule has 3 rings (SSSR count). The summed E-state index contributed by atoms with van der Waals surface area (Å²) in [7, 11) is 0. The minimum absolute atomic E-state index is 0.726. The molecule has 0 aliphatic carbocycles. The average molecular weight is 267 g/mol. The predicted molar refractivity (Wildman–Crippen MR) is 82.3 cm³/mol. The van der Waals surface area contributed by atoms with Gasteiger partial charge >= 0.3 is 0 Å². The van der Waals surface area contributed by atoms with E-state index in [9.17, 15) is 0 Å². The lowest BCUT2D eigenvalue weighted by atomic mass is 9.92. The Morgan fingerprint density at radius 3 is 2.60 bits per heavy atom. The number of hydrogen-bond donors (Lipinski definition) is 1. The molecule has 2 nitrogen and oxygen atoms in total. The summed E-state index contributed by atoms with van der Waals surface area (Å²) in [5.41, 5.74) is 1.31. The predicted octanol–water partition coefficient (Wildman–Crippen LogP) is 4.02. The first-order valence-electron chi connectivity index (χ1n) is 7.43. The summed E-state index contributed by atoms with van der Waals surface area (Å²) in [5.74, 6) is 2.62. The quantitative estimate of drug-likeness (QED) is 0.903. The molecular formula is C18H21NO. The van der Waals surface area contributed by atoms with Crippen molar-refractivity contribution in [1.82, 2.24) is 5.32 Å². The molecular weight excluding hydrogens is 246 g/mol. The van der Waals surface area contributed by atoms with Gasteiger partial charge in [0.15, 0.2) is 0 Å². The van der Waals surface area contributed by atoms with E-state index in [2.05, 4.69) is 23.5 Å². The maximum Gasteiger partial charge on any atom is 0.130 e. The van der Waals surface area contributed by atoms with E-state index in [0.29, 0.717) is 0 Å². The van der Waals surface area contributed by atoms with Crippen LogP contribution in [0.15, 0.2) is 54.6 Å². The van der Waals surface area contributed by atoms with Crippen molar-refractivity contribution < 1.29 is 4.74 Å². The lowest BCUT2D eigenvalue weighted by molar-refractivity contribution is 0.371. The highest BCUT2D eigenvalue weighted by atomic mass is 16.5. The van der Waals surface area contributed by atoms with Crippen LogP contribution in [0.1, 0.15) is 18.4 Å². The first kappa shape index (κ1) is 13.2. The first-order valence-corrected chi connectivity index (χ1v) is 7.43. The topological polar surface area (TPSA) is 21.3 Å². The van der Waals surface area contributed by atoms with E-state index in [-0.39, 0.29) is 0 Å². The van der Waals surface area contributed by atoms with Gasteiger partial charge in [-0.25, -0.2) is 0 Å². The van der Waals surface area contributed by atoms with Gasteiger partial charge in [-0.3, -0.25) is 0 Å². The number of para-hydroxylation sites is 2. The minimum Gasteiger partial charge on any atom is -0.457 e. The van der Waals surface area contributed by atoms with Crippen LogP contribution in [0.4, 0.5) is 0 Å². The third-order valence-corrected chi connectivity index (χ3v) is 3.85. The monoisotopic (exact) mass is 267 g/mol. The van der Waals surface area contributed by atoms with Crippen LogP contribution in [-0.4, -0.2) is 13.1 Å². The van der Waals surface area contributed by atoms with Gasteiger partial charge in [0.05, 0.1) is 0 Å². The summed E-state index contributed by atoms with van der Waals surface area (Å²) in [4.78, 5) is 0. The maximum absolute atomic E-state index is 6.03. The number of rotatable bonds is 4. The van der Waals surface area contributed by atoms with Gasteiger partial charge in [0, 0.05) is 0 Å².